The van der Waals surface area contributed by atoms with Gasteiger partial charge in [0.15, 0.2) is 11.4 Å². The molecule has 7 nitrogen and oxygen atoms in total. The second-order valence-electron chi connectivity index (χ2n) is 4.43. The summed E-state index contributed by atoms with van der Waals surface area (Å²) in [5, 5.41) is 20.1. The molecule has 0 spiro atoms. The number of nitrogens with zero attached hydrogens (tertiary/aromatic N) is 3. The van der Waals surface area contributed by atoms with Crippen LogP contribution in [0, 0.1) is 22.7 Å². The Balaban J connectivity index is 1.91. The number of ether oxygens (including phenoxy) is 1. The second-order valence-corrected chi connectivity index (χ2v) is 4.43. The number of rotatable bonds is 5. The van der Waals surface area contributed by atoms with Gasteiger partial charge in [0.1, 0.15) is 17.9 Å². The van der Waals surface area contributed by atoms with E-state index in [4.69, 9.17) is 15.3 Å². The molecule has 1 aromatic heterocycles. The number of hydrogen-bond donors (Lipinski definition) is 2. The molecular weight excluding hydrogens is 282 g/mol. The van der Waals surface area contributed by atoms with Crippen molar-refractivity contribution in [2.75, 3.05) is 12.4 Å². The van der Waals surface area contributed by atoms with Gasteiger partial charge in [0, 0.05) is 6.42 Å². The highest BCUT2D eigenvalue weighted by molar-refractivity contribution is 5.89. The normalized spacial score (nSPS) is 9.59. The summed E-state index contributed by atoms with van der Waals surface area (Å²) in [4.78, 5) is 18.3. The summed E-state index contributed by atoms with van der Waals surface area (Å²) < 4.78 is 5.06. The monoisotopic (exact) mass is 295 g/mol. The van der Waals surface area contributed by atoms with Crippen LogP contribution < -0.4 is 10.1 Å². The average Bonchev–Trinajstić information content (AvgIpc) is 2.95. The van der Waals surface area contributed by atoms with Gasteiger partial charge in [-0.3, -0.25) is 10.1 Å². The third-order valence-corrected chi connectivity index (χ3v) is 2.98. The molecule has 0 saturated carbocycles. The van der Waals surface area contributed by atoms with Gasteiger partial charge in [-0.15, -0.1) is 0 Å². The second kappa shape index (κ2) is 6.91. The van der Waals surface area contributed by atoms with Crippen LogP contribution in [-0.4, -0.2) is 23.0 Å². The molecule has 110 valence electrons. The number of hydrogen-bond acceptors (Lipinski definition) is 5. The summed E-state index contributed by atoms with van der Waals surface area (Å²) in [5.74, 6) is 0.614. The predicted molar refractivity (Wildman–Crippen MR) is 78.0 cm³/mol. The van der Waals surface area contributed by atoms with E-state index in [-0.39, 0.29) is 29.7 Å². The number of carbonyl (C=O) groups is 1. The number of methoxy groups -OCH3 is 1. The summed E-state index contributed by atoms with van der Waals surface area (Å²) in [5.41, 5.74) is 1.01. The van der Waals surface area contributed by atoms with Gasteiger partial charge in [-0.1, -0.05) is 12.1 Å². The SMILES string of the molecule is COc1ccc(CCC(=O)Nc2nc(C#N)c(C#N)[nH]2)cc1. The molecule has 7 heteroatoms. The van der Waals surface area contributed by atoms with Crippen molar-refractivity contribution >= 4 is 11.9 Å². The van der Waals surface area contributed by atoms with Crippen molar-refractivity contribution in [3.63, 3.8) is 0 Å². The number of nitrogens with one attached hydrogen (secondary N) is 2. The first kappa shape index (κ1) is 15.1. The molecule has 0 atom stereocenters. The molecule has 0 saturated heterocycles. The Hall–Kier alpha value is -3.32. The van der Waals surface area contributed by atoms with Crippen molar-refractivity contribution in [2.45, 2.75) is 12.8 Å². The zero-order valence-electron chi connectivity index (χ0n) is 11.9. The molecular formula is C15H13N5O2. The first-order valence-electron chi connectivity index (χ1n) is 6.49. The van der Waals surface area contributed by atoms with Crippen LogP contribution in [0.4, 0.5) is 5.95 Å². The lowest BCUT2D eigenvalue weighted by Crippen LogP contribution is -2.13. The zero-order chi connectivity index (χ0) is 15.9. The van der Waals surface area contributed by atoms with Gasteiger partial charge in [0.25, 0.3) is 0 Å². The van der Waals surface area contributed by atoms with Gasteiger partial charge in [-0.25, -0.2) is 4.98 Å². The van der Waals surface area contributed by atoms with Crippen LogP contribution in [0.3, 0.4) is 0 Å². The Labute approximate surface area is 127 Å². The van der Waals surface area contributed by atoms with E-state index in [1.54, 1.807) is 19.2 Å². The Morgan fingerprint density at radius 3 is 2.59 bits per heavy atom. The van der Waals surface area contributed by atoms with Crippen molar-refractivity contribution < 1.29 is 9.53 Å². The van der Waals surface area contributed by atoms with E-state index in [1.165, 1.54) is 0 Å². The highest BCUT2D eigenvalue weighted by atomic mass is 16.5. The number of nitriles is 2. The molecule has 0 aliphatic carbocycles. The van der Waals surface area contributed by atoms with E-state index in [0.717, 1.165) is 11.3 Å². The first-order chi connectivity index (χ1) is 10.7. The molecule has 2 rings (SSSR count). The fraction of sp³-hybridized carbons (Fsp3) is 0.200. The van der Waals surface area contributed by atoms with Gasteiger partial charge >= 0.3 is 0 Å². The molecule has 0 radical (unpaired) electrons. The van der Waals surface area contributed by atoms with Crippen molar-refractivity contribution in [1.82, 2.24) is 9.97 Å². The van der Waals surface area contributed by atoms with Crippen molar-refractivity contribution in [1.29, 1.82) is 10.5 Å². The number of anilines is 1. The zero-order valence-corrected chi connectivity index (χ0v) is 11.9. The van der Waals surface area contributed by atoms with E-state index in [1.807, 2.05) is 24.3 Å². The number of aromatic amines is 1. The van der Waals surface area contributed by atoms with E-state index < -0.39 is 0 Å². The minimum absolute atomic E-state index is 0.0343. The fourth-order valence-electron chi connectivity index (χ4n) is 1.84. The predicted octanol–water partition coefficient (Wildman–Crippen LogP) is 1.73. The van der Waals surface area contributed by atoms with Crippen LogP contribution in [0.25, 0.3) is 0 Å². The lowest BCUT2D eigenvalue weighted by Gasteiger charge is -2.04. The number of benzene rings is 1. The molecule has 2 aromatic rings. The molecule has 0 aliphatic rings. The molecule has 2 N–H and O–H groups in total. The van der Waals surface area contributed by atoms with E-state index in [0.29, 0.717) is 6.42 Å². The summed E-state index contributed by atoms with van der Waals surface area (Å²) in [6.45, 7) is 0. The minimum atomic E-state index is -0.251. The lowest BCUT2D eigenvalue weighted by atomic mass is 10.1. The molecule has 22 heavy (non-hydrogen) atoms. The largest absolute Gasteiger partial charge is 0.497 e. The van der Waals surface area contributed by atoms with Crippen molar-refractivity contribution in [3.05, 3.63) is 41.2 Å². The Morgan fingerprint density at radius 1 is 1.32 bits per heavy atom. The molecule has 0 unspecified atom stereocenters. The maximum Gasteiger partial charge on any atom is 0.227 e. The standard InChI is InChI=1S/C15H13N5O2/c1-22-11-5-2-10(3-6-11)4-7-14(21)20-15-18-12(8-16)13(9-17)19-15/h2-3,5-6H,4,7H2,1H3,(H2,18,19,20,21). The van der Waals surface area contributed by atoms with Crippen LogP contribution in [0.5, 0.6) is 5.75 Å². The van der Waals surface area contributed by atoms with Gasteiger partial charge in [0.05, 0.1) is 7.11 Å². The molecule has 1 heterocycles. The van der Waals surface area contributed by atoms with Crippen LogP contribution in [-0.2, 0) is 11.2 Å². The van der Waals surface area contributed by atoms with E-state index in [9.17, 15) is 4.79 Å². The number of imidazole rings is 1. The maximum atomic E-state index is 11.8. The van der Waals surface area contributed by atoms with Crippen molar-refractivity contribution in [3.8, 4) is 17.9 Å². The van der Waals surface area contributed by atoms with Crippen LogP contribution >= 0.6 is 0 Å². The van der Waals surface area contributed by atoms with Crippen LogP contribution in [0.15, 0.2) is 24.3 Å². The van der Waals surface area contributed by atoms with Gasteiger partial charge in [-0.05, 0) is 24.1 Å². The third-order valence-electron chi connectivity index (χ3n) is 2.98. The Bertz CT molecular complexity index is 718. The molecule has 0 fully saturated rings. The summed E-state index contributed by atoms with van der Waals surface area (Å²) in [6, 6.07) is 11.0. The van der Waals surface area contributed by atoms with Crippen LogP contribution in [0.1, 0.15) is 23.4 Å². The highest BCUT2D eigenvalue weighted by Gasteiger charge is 2.11. The molecule has 1 amide bonds. The fourth-order valence-corrected chi connectivity index (χ4v) is 1.84. The highest BCUT2D eigenvalue weighted by Crippen LogP contribution is 2.13. The van der Waals surface area contributed by atoms with E-state index in [2.05, 4.69) is 15.3 Å². The summed E-state index contributed by atoms with van der Waals surface area (Å²) >= 11 is 0. The topological polar surface area (TPSA) is 115 Å². The van der Waals surface area contributed by atoms with Crippen LogP contribution in [0.2, 0.25) is 0 Å². The summed E-state index contributed by atoms with van der Waals surface area (Å²) in [6.07, 6.45) is 0.823. The molecule has 0 aliphatic heterocycles. The van der Waals surface area contributed by atoms with Gasteiger partial charge in [-0.2, -0.15) is 10.5 Å². The number of amides is 1. The number of H-pyrrole nitrogens is 1. The lowest BCUT2D eigenvalue weighted by molar-refractivity contribution is -0.116. The van der Waals surface area contributed by atoms with Crippen molar-refractivity contribution in [2.24, 2.45) is 0 Å². The maximum absolute atomic E-state index is 11.8. The first-order valence-corrected chi connectivity index (χ1v) is 6.49. The minimum Gasteiger partial charge on any atom is -0.497 e. The summed E-state index contributed by atoms with van der Waals surface area (Å²) in [7, 11) is 1.59. The Morgan fingerprint density at radius 2 is 2.05 bits per heavy atom. The van der Waals surface area contributed by atoms with E-state index >= 15 is 0 Å². The molecule has 0 bridgehead atoms. The number of carbonyl (C=O) groups excluding carboxylic acids is 1. The molecule has 1 aromatic carbocycles. The Kier molecular flexibility index (Phi) is 4.74. The van der Waals surface area contributed by atoms with Gasteiger partial charge < -0.3 is 9.72 Å². The average molecular weight is 295 g/mol. The number of aryl methyl sites for hydroxylation is 1. The quantitative estimate of drug-likeness (QED) is 0.871. The number of aromatic nitrogens is 2. The van der Waals surface area contributed by atoms with Gasteiger partial charge in [0.2, 0.25) is 11.9 Å². The third kappa shape index (κ3) is 3.62. The smallest absolute Gasteiger partial charge is 0.227 e.